The first-order valence-corrected chi connectivity index (χ1v) is 9.55. The van der Waals surface area contributed by atoms with Crippen LogP contribution >= 0.6 is 0 Å². The number of rotatable bonds is 10. The van der Waals surface area contributed by atoms with E-state index in [2.05, 4.69) is 30.9 Å². The Morgan fingerprint density at radius 3 is 2.70 bits per heavy atom. The van der Waals surface area contributed by atoms with Gasteiger partial charge in [-0.2, -0.15) is 5.10 Å². The molecule has 1 aliphatic carbocycles. The standard InChI is InChI=1S/C19H35N3O/c1-4-5-6-7-8-9-12-23-18-10-11-19(2,3)13-17(18)14-22-16-20-15-21-22/h15-18H,4-14H2,1-3H3. The van der Waals surface area contributed by atoms with Crippen LogP contribution in [0.15, 0.2) is 12.7 Å². The Morgan fingerprint density at radius 1 is 1.17 bits per heavy atom. The number of nitrogens with zero attached hydrogens (tertiary/aromatic N) is 3. The molecule has 2 atom stereocenters. The summed E-state index contributed by atoms with van der Waals surface area (Å²) in [5, 5.41) is 4.28. The molecule has 1 fully saturated rings. The van der Waals surface area contributed by atoms with Crippen molar-refractivity contribution in [2.75, 3.05) is 6.61 Å². The lowest BCUT2D eigenvalue weighted by Gasteiger charge is -2.40. The second-order valence-corrected chi connectivity index (χ2v) is 7.96. The third kappa shape index (κ3) is 6.62. The highest BCUT2D eigenvalue weighted by molar-refractivity contribution is 4.86. The van der Waals surface area contributed by atoms with Gasteiger partial charge in [0.2, 0.25) is 0 Å². The molecule has 0 aromatic carbocycles. The van der Waals surface area contributed by atoms with E-state index in [9.17, 15) is 0 Å². The van der Waals surface area contributed by atoms with Gasteiger partial charge in [0.05, 0.1) is 6.10 Å². The van der Waals surface area contributed by atoms with Crippen LogP contribution in [0.5, 0.6) is 0 Å². The van der Waals surface area contributed by atoms with Crippen molar-refractivity contribution >= 4 is 0 Å². The van der Waals surface area contributed by atoms with Gasteiger partial charge in [-0.3, -0.25) is 4.68 Å². The van der Waals surface area contributed by atoms with Gasteiger partial charge in [-0.05, 0) is 31.1 Å². The summed E-state index contributed by atoms with van der Waals surface area (Å²) in [4.78, 5) is 4.07. The molecule has 4 nitrogen and oxygen atoms in total. The quantitative estimate of drug-likeness (QED) is 0.578. The van der Waals surface area contributed by atoms with E-state index in [1.54, 1.807) is 6.33 Å². The second kappa shape index (κ2) is 9.41. The minimum Gasteiger partial charge on any atom is -0.378 e. The summed E-state index contributed by atoms with van der Waals surface area (Å²) >= 11 is 0. The Bertz CT molecular complexity index is 416. The number of hydrogen-bond acceptors (Lipinski definition) is 3. The lowest BCUT2D eigenvalue weighted by atomic mass is 9.71. The van der Waals surface area contributed by atoms with Gasteiger partial charge in [0.1, 0.15) is 12.7 Å². The molecule has 1 heterocycles. The van der Waals surface area contributed by atoms with E-state index in [0.29, 0.717) is 17.4 Å². The van der Waals surface area contributed by atoms with Crippen molar-refractivity contribution in [1.82, 2.24) is 14.8 Å². The third-order valence-corrected chi connectivity index (χ3v) is 5.16. The fourth-order valence-corrected chi connectivity index (χ4v) is 3.80. The van der Waals surface area contributed by atoms with Crippen LogP contribution in [0.3, 0.4) is 0 Å². The molecule has 1 saturated carbocycles. The van der Waals surface area contributed by atoms with Gasteiger partial charge in [-0.25, -0.2) is 4.98 Å². The Hall–Kier alpha value is -0.900. The average molecular weight is 322 g/mol. The van der Waals surface area contributed by atoms with Crippen molar-refractivity contribution in [2.45, 2.75) is 91.2 Å². The second-order valence-electron chi connectivity index (χ2n) is 7.96. The van der Waals surface area contributed by atoms with E-state index in [1.807, 2.05) is 11.0 Å². The Labute approximate surface area is 142 Å². The zero-order chi connectivity index (χ0) is 16.5. The summed E-state index contributed by atoms with van der Waals surface area (Å²) in [6.45, 7) is 8.88. The average Bonchev–Trinajstić information content (AvgIpc) is 3.01. The summed E-state index contributed by atoms with van der Waals surface area (Å²) in [6, 6.07) is 0. The number of hydrogen-bond donors (Lipinski definition) is 0. The SMILES string of the molecule is CCCCCCCCOC1CCC(C)(C)CC1Cn1cncn1. The van der Waals surface area contributed by atoms with Crippen LogP contribution in [0.2, 0.25) is 0 Å². The zero-order valence-electron chi connectivity index (χ0n) is 15.3. The van der Waals surface area contributed by atoms with Crippen molar-refractivity contribution < 1.29 is 4.74 Å². The van der Waals surface area contributed by atoms with Crippen LogP contribution < -0.4 is 0 Å². The maximum absolute atomic E-state index is 6.28. The first-order chi connectivity index (χ1) is 11.1. The highest BCUT2D eigenvalue weighted by Crippen LogP contribution is 2.40. The highest BCUT2D eigenvalue weighted by Gasteiger charge is 2.35. The molecule has 0 spiro atoms. The summed E-state index contributed by atoms with van der Waals surface area (Å²) in [5.41, 5.74) is 0.422. The largest absolute Gasteiger partial charge is 0.378 e. The van der Waals surface area contributed by atoms with Crippen molar-refractivity contribution in [3.63, 3.8) is 0 Å². The molecule has 1 aromatic rings. The van der Waals surface area contributed by atoms with Crippen molar-refractivity contribution in [2.24, 2.45) is 11.3 Å². The molecule has 0 saturated heterocycles. The van der Waals surface area contributed by atoms with E-state index >= 15 is 0 Å². The lowest BCUT2D eigenvalue weighted by molar-refractivity contribution is -0.0455. The van der Waals surface area contributed by atoms with Crippen LogP contribution in [-0.2, 0) is 11.3 Å². The lowest BCUT2D eigenvalue weighted by Crippen LogP contribution is -2.38. The van der Waals surface area contributed by atoms with E-state index < -0.39 is 0 Å². The van der Waals surface area contributed by atoms with Crippen molar-refractivity contribution in [1.29, 1.82) is 0 Å². The molecule has 2 rings (SSSR count). The molecule has 0 aliphatic heterocycles. The minimum atomic E-state index is 0.392. The third-order valence-electron chi connectivity index (χ3n) is 5.16. The van der Waals surface area contributed by atoms with Gasteiger partial charge < -0.3 is 4.74 Å². The first-order valence-electron chi connectivity index (χ1n) is 9.55. The van der Waals surface area contributed by atoms with E-state index in [1.165, 1.54) is 57.8 Å². The smallest absolute Gasteiger partial charge is 0.137 e. The van der Waals surface area contributed by atoms with Gasteiger partial charge in [-0.15, -0.1) is 0 Å². The van der Waals surface area contributed by atoms with Crippen LogP contribution in [0.4, 0.5) is 0 Å². The number of unbranched alkanes of at least 4 members (excludes halogenated alkanes) is 5. The number of ether oxygens (including phenoxy) is 1. The van der Waals surface area contributed by atoms with Crippen molar-refractivity contribution in [3.05, 3.63) is 12.7 Å². The number of aromatic nitrogens is 3. The predicted octanol–water partition coefficient (Wildman–Crippen LogP) is 4.85. The first kappa shape index (κ1) is 18.4. The molecule has 0 N–H and O–H groups in total. The fraction of sp³-hybridized carbons (Fsp3) is 0.895. The predicted molar refractivity (Wildman–Crippen MR) is 94.3 cm³/mol. The molecule has 132 valence electrons. The van der Waals surface area contributed by atoms with Crippen LogP contribution in [0.1, 0.15) is 78.6 Å². The van der Waals surface area contributed by atoms with E-state index in [0.717, 1.165) is 13.2 Å². The topological polar surface area (TPSA) is 39.9 Å². The molecule has 0 radical (unpaired) electrons. The molecular formula is C19H35N3O. The molecule has 4 heteroatoms. The molecule has 2 unspecified atom stereocenters. The molecule has 0 amide bonds. The molecule has 1 aliphatic rings. The van der Waals surface area contributed by atoms with Gasteiger partial charge in [0, 0.05) is 19.1 Å². The van der Waals surface area contributed by atoms with Gasteiger partial charge in [-0.1, -0.05) is 52.9 Å². The normalized spacial score (nSPS) is 24.0. The Morgan fingerprint density at radius 2 is 1.96 bits per heavy atom. The maximum Gasteiger partial charge on any atom is 0.137 e. The maximum atomic E-state index is 6.28. The minimum absolute atomic E-state index is 0.392. The molecular weight excluding hydrogens is 286 g/mol. The highest BCUT2D eigenvalue weighted by atomic mass is 16.5. The zero-order valence-corrected chi connectivity index (χ0v) is 15.3. The summed E-state index contributed by atoms with van der Waals surface area (Å²) < 4.78 is 8.25. The fourth-order valence-electron chi connectivity index (χ4n) is 3.80. The van der Waals surface area contributed by atoms with Gasteiger partial charge in [0.15, 0.2) is 0 Å². The summed E-state index contributed by atoms with van der Waals surface area (Å²) in [6.07, 6.45) is 15.5. The van der Waals surface area contributed by atoms with Crippen molar-refractivity contribution in [3.8, 4) is 0 Å². The summed E-state index contributed by atoms with van der Waals surface area (Å²) in [5.74, 6) is 0.556. The molecule has 0 bridgehead atoms. The Kier molecular flexibility index (Phi) is 7.54. The van der Waals surface area contributed by atoms with Crippen LogP contribution in [0.25, 0.3) is 0 Å². The monoisotopic (exact) mass is 321 g/mol. The van der Waals surface area contributed by atoms with Crippen LogP contribution in [-0.4, -0.2) is 27.5 Å². The van der Waals surface area contributed by atoms with Crippen LogP contribution in [0, 0.1) is 11.3 Å². The van der Waals surface area contributed by atoms with E-state index in [4.69, 9.17) is 4.74 Å². The summed E-state index contributed by atoms with van der Waals surface area (Å²) in [7, 11) is 0. The van der Waals surface area contributed by atoms with E-state index in [-0.39, 0.29) is 0 Å². The van der Waals surface area contributed by atoms with Gasteiger partial charge in [0.25, 0.3) is 0 Å². The molecule has 1 aromatic heterocycles. The van der Waals surface area contributed by atoms with Gasteiger partial charge >= 0.3 is 0 Å². The Balaban J connectivity index is 1.74. The molecule has 23 heavy (non-hydrogen) atoms.